The normalized spacial score (nSPS) is 10.5. The highest BCUT2D eigenvalue weighted by Gasteiger charge is 2.20. The highest BCUT2D eigenvalue weighted by molar-refractivity contribution is 9.10. The van der Waals surface area contributed by atoms with Gasteiger partial charge in [0.25, 0.3) is 0 Å². The maximum atomic E-state index is 11.2. The number of primary amides is 1. The molecule has 0 fully saturated rings. The molecule has 0 aliphatic carbocycles. The van der Waals surface area contributed by atoms with Crippen molar-refractivity contribution >= 4 is 33.6 Å². The molecular weight excluding hydrogens is 314 g/mol. The predicted octanol–water partition coefficient (Wildman–Crippen LogP) is 1.49. The highest BCUT2D eigenvalue weighted by Crippen LogP contribution is 2.22. The van der Waals surface area contributed by atoms with Gasteiger partial charge in [-0.3, -0.25) is 4.79 Å². The number of amides is 1. The summed E-state index contributed by atoms with van der Waals surface area (Å²) in [5, 5.41) is 9.20. The highest BCUT2D eigenvalue weighted by atomic mass is 79.9. The lowest BCUT2D eigenvalue weighted by Gasteiger charge is -2.25. The van der Waals surface area contributed by atoms with Crippen LogP contribution in [0.3, 0.4) is 0 Å². The Balaban J connectivity index is 3.20. The van der Waals surface area contributed by atoms with Gasteiger partial charge in [-0.25, -0.2) is 9.78 Å². The van der Waals surface area contributed by atoms with E-state index in [1.165, 1.54) is 12.3 Å². The zero-order valence-corrected chi connectivity index (χ0v) is 12.3. The van der Waals surface area contributed by atoms with E-state index in [1.807, 2.05) is 13.8 Å². The first-order valence-electron chi connectivity index (χ1n) is 5.73. The van der Waals surface area contributed by atoms with Crippen molar-refractivity contribution in [2.24, 2.45) is 11.7 Å². The third-order valence-electron chi connectivity index (χ3n) is 2.30. The maximum absolute atomic E-state index is 11.2. The quantitative estimate of drug-likeness (QED) is 0.824. The number of anilines is 1. The summed E-state index contributed by atoms with van der Waals surface area (Å²) in [6, 6.07) is 1.46. The fourth-order valence-electron chi connectivity index (χ4n) is 1.70. The van der Waals surface area contributed by atoms with Gasteiger partial charge in [0.1, 0.15) is 11.4 Å². The van der Waals surface area contributed by atoms with Crippen molar-refractivity contribution in [3.05, 3.63) is 22.3 Å². The molecule has 3 N–H and O–H groups in total. The number of carboxylic acid groups (broad SMARTS) is 1. The molecule has 7 heteroatoms. The van der Waals surface area contributed by atoms with E-state index in [1.54, 1.807) is 4.90 Å². The van der Waals surface area contributed by atoms with Gasteiger partial charge in [-0.05, 0) is 27.9 Å². The molecule has 0 saturated carbocycles. The molecule has 0 atom stereocenters. The van der Waals surface area contributed by atoms with Crippen molar-refractivity contribution < 1.29 is 14.7 Å². The van der Waals surface area contributed by atoms with E-state index in [2.05, 4.69) is 20.9 Å². The number of nitrogens with two attached hydrogens (primary N) is 1. The van der Waals surface area contributed by atoms with E-state index in [9.17, 15) is 14.7 Å². The monoisotopic (exact) mass is 329 g/mol. The molecule has 0 aliphatic rings. The molecule has 0 saturated heterocycles. The van der Waals surface area contributed by atoms with Crippen LogP contribution in [0.4, 0.5) is 5.82 Å². The molecular formula is C12H16BrN3O3. The molecule has 1 aromatic heterocycles. The number of nitrogens with zero attached hydrogens (tertiary/aromatic N) is 2. The third-order valence-corrected chi connectivity index (χ3v) is 2.73. The third kappa shape index (κ3) is 4.51. The SMILES string of the molecule is CC(C)CN(CC(N)=O)c1ncc(Br)cc1C(=O)O. The zero-order valence-electron chi connectivity index (χ0n) is 10.8. The van der Waals surface area contributed by atoms with E-state index in [4.69, 9.17) is 5.73 Å². The Bertz CT molecular complexity index is 491. The van der Waals surface area contributed by atoms with Crippen LogP contribution in [0.1, 0.15) is 24.2 Å². The molecule has 1 aromatic rings. The average molecular weight is 330 g/mol. The number of rotatable bonds is 6. The van der Waals surface area contributed by atoms with Crippen LogP contribution in [0.5, 0.6) is 0 Å². The summed E-state index contributed by atoms with van der Waals surface area (Å²) < 4.78 is 0.567. The minimum Gasteiger partial charge on any atom is -0.478 e. The summed E-state index contributed by atoms with van der Waals surface area (Å²) >= 11 is 3.18. The summed E-state index contributed by atoms with van der Waals surface area (Å²) in [4.78, 5) is 28.0. The van der Waals surface area contributed by atoms with Gasteiger partial charge in [0.15, 0.2) is 0 Å². The smallest absolute Gasteiger partial charge is 0.339 e. The lowest BCUT2D eigenvalue weighted by molar-refractivity contribution is -0.116. The number of carbonyl (C=O) groups excluding carboxylic acids is 1. The average Bonchev–Trinajstić information content (AvgIpc) is 2.26. The maximum Gasteiger partial charge on any atom is 0.339 e. The first-order valence-corrected chi connectivity index (χ1v) is 6.52. The number of carbonyl (C=O) groups is 2. The number of hydrogen-bond acceptors (Lipinski definition) is 4. The van der Waals surface area contributed by atoms with Gasteiger partial charge < -0.3 is 15.7 Å². The topological polar surface area (TPSA) is 96.5 Å². The van der Waals surface area contributed by atoms with E-state index >= 15 is 0 Å². The van der Waals surface area contributed by atoms with Crippen LogP contribution < -0.4 is 10.6 Å². The zero-order chi connectivity index (χ0) is 14.6. The fourth-order valence-corrected chi connectivity index (χ4v) is 2.03. The van der Waals surface area contributed by atoms with Crippen LogP contribution in [0.25, 0.3) is 0 Å². The van der Waals surface area contributed by atoms with Gasteiger partial charge >= 0.3 is 5.97 Å². The van der Waals surface area contributed by atoms with E-state index in [0.29, 0.717) is 11.0 Å². The minimum absolute atomic E-state index is 0.0382. The molecule has 0 radical (unpaired) electrons. The van der Waals surface area contributed by atoms with E-state index < -0.39 is 11.9 Å². The fraction of sp³-hybridized carbons (Fsp3) is 0.417. The summed E-state index contributed by atoms with van der Waals surface area (Å²) in [5.41, 5.74) is 5.24. The van der Waals surface area contributed by atoms with Crippen molar-refractivity contribution in [1.29, 1.82) is 0 Å². The largest absolute Gasteiger partial charge is 0.478 e. The second-order valence-electron chi connectivity index (χ2n) is 4.57. The van der Waals surface area contributed by atoms with Gasteiger partial charge in [-0.2, -0.15) is 0 Å². The molecule has 0 aromatic carbocycles. The molecule has 1 rings (SSSR count). The number of carboxylic acids is 1. The molecule has 0 spiro atoms. The van der Waals surface area contributed by atoms with Crippen molar-refractivity contribution in [1.82, 2.24) is 4.98 Å². The van der Waals surface area contributed by atoms with Crippen LogP contribution in [-0.2, 0) is 4.79 Å². The summed E-state index contributed by atoms with van der Waals surface area (Å²) in [7, 11) is 0. The Kier molecular flexibility index (Phi) is 5.29. The van der Waals surface area contributed by atoms with Crippen LogP contribution >= 0.6 is 15.9 Å². The first-order chi connectivity index (χ1) is 8.81. The Hall–Kier alpha value is -1.63. The second-order valence-corrected chi connectivity index (χ2v) is 5.49. The van der Waals surface area contributed by atoms with Crippen molar-refractivity contribution in [3.8, 4) is 0 Å². The number of pyridine rings is 1. The molecule has 1 amide bonds. The van der Waals surface area contributed by atoms with Crippen LogP contribution in [0.2, 0.25) is 0 Å². The molecule has 1 heterocycles. The van der Waals surface area contributed by atoms with E-state index in [0.717, 1.165) is 0 Å². The Labute approximate surface area is 119 Å². The molecule has 19 heavy (non-hydrogen) atoms. The van der Waals surface area contributed by atoms with Gasteiger partial charge in [0.2, 0.25) is 5.91 Å². The van der Waals surface area contributed by atoms with Crippen LogP contribution in [0, 0.1) is 5.92 Å². The second kappa shape index (κ2) is 6.51. The number of hydrogen-bond donors (Lipinski definition) is 2. The van der Waals surface area contributed by atoms with E-state index in [-0.39, 0.29) is 23.8 Å². The van der Waals surface area contributed by atoms with Crippen molar-refractivity contribution in [2.45, 2.75) is 13.8 Å². The number of aromatic nitrogens is 1. The van der Waals surface area contributed by atoms with Crippen molar-refractivity contribution in [3.63, 3.8) is 0 Å². The standard InChI is InChI=1S/C12H16BrN3O3/c1-7(2)5-16(6-10(14)17)11-9(12(18)19)3-8(13)4-15-11/h3-4,7H,5-6H2,1-2H3,(H2,14,17)(H,18,19). The Morgan fingerprint density at radius 3 is 2.63 bits per heavy atom. The van der Waals surface area contributed by atoms with Gasteiger partial charge in [0.05, 0.1) is 6.54 Å². The van der Waals surface area contributed by atoms with Gasteiger partial charge in [-0.1, -0.05) is 13.8 Å². The van der Waals surface area contributed by atoms with Gasteiger partial charge in [-0.15, -0.1) is 0 Å². The lowest BCUT2D eigenvalue weighted by Crippen LogP contribution is -2.37. The molecule has 0 unspecified atom stereocenters. The molecule has 104 valence electrons. The van der Waals surface area contributed by atoms with Gasteiger partial charge in [0, 0.05) is 17.2 Å². The van der Waals surface area contributed by atoms with Crippen LogP contribution in [-0.4, -0.2) is 35.1 Å². The molecule has 0 bridgehead atoms. The number of halogens is 1. The number of aromatic carboxylic acids is 1. The first kappa shape index (κ1) is 15.4. The Morgan fingerprint density at radius 1 is 1.53 bits per heavy atom. The summed E-state index contributed by atoms with van der Waals surface area (Å²) in [5.74, 6) is -1.13. The minimum atomic E-state index is -1.10. The van der Waals surface area contributed by atoms with Crippen molar-refractivity contribution in [2.75, 3.05) is 18.0 Å². The van der Waals surface area contributed by atoms with Crippen LogP contribution in [0.15, 0.2) is 16.7 Å². The molecule has 6 nitrogen and oxygen atoms in total. The summed E-state index contributed by atoms with van der Waals surface area (Å²) in [6.07, 6.45) is 1.50. The predicted molar refractivity (Wildman–Crippen MR) is 75.1 cm³/mol. The summed E-state index contributed by atoms with van der Waals surface area (Å²) in [6.45, 7) is 4.37. The Morgan fingerprint density at radius 2 is 2.16 bits per heavy atom. The molecule has 0 aliphatic heterocycles. The lowest BCUT2D eigenvalue weighted by atomic mass is 10.1.